The van der Waals surface area contributed by atoms with Crippen molar-refractivity contribution in [3.8, 4) is 5.75 Å². The number of carbonyl (C=O) groups is 1. The second-order valence-corrected chi connectivity index (χ2v) is 5.00. The molecule has 0 radical (unpaired) electrons. The smallest absolute Gasteiger partial charge is 0.367 e. The molecule has 0 aromatic heterocycles. The quantitative estimate of drug-likeness (QED) is 0.733. The van der Waals surface area contributed by atoms with E-state index in [2.05, 4.69) is 0 Å². The van der Waals surface area contributed by atoms with Gasteiger partial charge in [0.25, 0.3) is 0 Å². The molecule has 100 valence electrons. The lowest BCUT2D eigenvalue weighted by molar-refractivity contribution is 0.181. The van der Waals surface area contributed by atoms with Crippen LogP contribution in [0.3, 0.4) is 0 Å². The van der Waals surface area contributed by atoms with Gasteiger partial charge in [0.15, 0.2) is 0 Å². The monoisotopic (exact) mass is 308 g/mol. The van der Waals surface area contributed by atoms with Crippen LogP contribution in [0.1, 0.15) is 19.4 Å². The third kappa shape index (κ3) is 4.59. The highest BCUT2D eigenvalue weighted by Crippen LogP contribution is 2.33. The van der Waals surface area contributed by atoms with Gasteiger partial charge in [-0.15, -0.1) is 0 Å². The van der Waals surface area contributed by atoms with Crippen molar-refractivity contribution in [3.05, 3.63) is 27.7 Å². The summed E-state index contributed by atoms with van der Waals surface area (Å²) in [6, 6.07) is 3.37. The summed E-state index contributed by atoms with van der Waals surface area (Å²) >= 11 is 13.2. The Morgan fingerprint density at radius 1 is 1.22 bits per heavy atom. The maximum absolute atomic E-state index is 11.2. The van der Waals surface area contributed by atoms with Crippen LogP contribution >= 0.6 is 35.0 Å². The van der Waals surface area contributed by atoms with Crippen LogP contribution in [-0.4, -0.2) is 18.5 Å². The molecule has 1 aromatic rings. The van der Waals surface area contributed by atoms with E-state index in [0.717, 1.165) is 17.3 Å². The van der Waals surface area contributed by atoms with Crippen LogP contribution in [0.25, 0.3) is 0 Å². The molecule has 18 heavy (non-hydrogen) atoms. The number of hydrogen-bond donors (Lipinski definition) is 0. The first-order chi connectivity index (χ1) is 8.58. The van der Waals surface area contributed by atoms with Crippen molar-refractivity contribution < 1.29 is 14.3 Å². The second-order valence-electron chi connectivity index (χ2n) is 3.28. The molecule has 1 aromatic carbocycles. The molecule has 1 rings (SSSR count). The largest absolute Gasteiger partial charge is 0.492 e. The lowest BCUT2D eigenvalue weighted by Crippen LogP contribution is -1.98. The van der Waals surface area contributed by atoms with E-state index in [1.165, 1.54) is 0 Å². The van der Waals surface area contributed by atoms with E-state index < -0.39 is 0 Å². The second kappa shape index (κ2) is 7.77. The summed E-state index contributed by atoms with van der Waals surface area (Å²) in [6.07, 6.45) is 0. The first-order valence-electron chi connectivity index (χ1n) is 5.48. The Kier molecular flexibility index (Phi) is 6.68. The van der Waals surface area contributed by atoms with Crippen LogP contribution in [0.4, 0.5) is 4.79 Å². The molecule has 0 saturated heterocycles. The van der Waals surface area contributed by atoms with Gasteiger partial charge >= 0.3 is 5.30 Å². The molecule has 0 heterocycles. The molecule has 0 spiro atoms. The highest BCUT2D eigenvalue weighted by Gasteiger charge is 2.11. The van der Waals surface area contributed by atoms with E-state index in [9.17, 15) is 4.79 Å². The zero-order valence-electron chi connectivity index (χ0n) is 10.2. The first-order valence-corrected chi connectivity index (χ1v) is 7.22. The molecule has 0 amide bonds. The SMILES string of the molecule is CCOC(=O)SCc1cc(Cl)c(OCC)cc1Cl. The van der Waals surface area contributed by atoms with E-state index in [1.807, 2.05) is 6.92 Å². The molecule has 0 bridgehead atoms. The van der Waals surface area contributed by atoms with Crippen molar-refractivity contribution in [2.24, 2.45) is 0 Å². The Balaban J connectivity index is 2.72. The van der Waals surface area contributed by atoms with Gasteiger partial charge in [0.05, 0.1) is 18.2 Å². The molecule has 0 aliphatic rings. The maximum Gasteiger partial charge on any atom is 0.367 e. The fourth-order valence-electron chi connectivity index (χ4n) is 1.24. The van der Waals surface area contributed by atoms with Crippen molar-refractivity contribution in [2.75, 3.05) is 13.2 Å². The molecule has 0 aliphatic carbocycles. The number of carbonyl (C=O) groups excluding carboxylic acids is 1. The Bertz CT molecular complexity index is 424. The number of benzene rings is 1. The molecule has 6 heteroatoms. The molecule has 0 saturated carbocycles. The fraction of sp³-hybridized carbons (Fsp3) is 0.417. The number of hydrogen-bond acceptors (Lipinski definition) is 4. The minimum Gasteiger partial charge on any atom is -0.492 e. The van der Waals surface area contributed by atoms with Gasteiger partial charge in [-0.2, -0.15) is 0 Å². The number of halogens is 2. The summed E-state index contributed by atoms with van der Waals surface area (Å²) in [5.74, 6) is 0.970. The summed E-state index contributed by atoms with van der Waals surface area (Å²) in [7, 11) is 0. The summed E-state index contributed by atoms with van der Waals surface area (Å²) in [5, 5.41) is 0.693. The summed E-state index contributed by atoms with van der Waals surface area (Å²) in [6.45, 7) is 4.52. The van der Waals surface area contributed by atoms with Crippen LogP contribution in [-0.2, 0) is 10.5 Å². The van der Waals surface area contributed by atoms with Gasteiger partial charge in [-0.3, -0.25) is 0 Å². The highest BCUT2D eigenvalue weighted by atomic mass is 35.5. The third-order valence-electron chi connectivity index (χ3n) is 2.01. The normalized spacial score (nSPS) is 10.2. The third-order valence-corrected chi connectivity index (χ3v) is 3.46. The van der Waals surface area contributed by atoms with Crippen molar-refractivity contribution in [1.82, 2.24) is 0 Å². The van der Waals surface area contributed by atoms with E-state index in [-0.39, 0.29) is 5.30 Å². The van der Waals surface area contributed by atoms with Crippen LogP contribution in [0, 0.1) is 0 Å². The van der Waals surface area contributed by atoms with E-state index in [4.69, 9.17) is 32.7 Å². The molecule has 0 atom stereocenters. The van der Waals surface area contributed by atoms with E-state index in [1.54, 1.807) is 19.1 Å². The minimum absolute atomic E-state index is 0.321. The zero-order valence-corrected chi connectivity index (χ0v) is 12.5. The molecule has 0 unspecified atom stereocenters. The van der Waals surface area contributed by atoms with Crippen LogP contribution in [0.2, 0.25) is 10.0 Å². The predicted molar refractivity (Wildman–Crippen MR) is 75.9 cm³/mol. The van der Waals surface area contributed by atoms with Crippen molar-refractivity contribution in [2.45, 2.75) is 19.6 Å². The van der Waals surface area contributed by atoms with Crippen LogP contribution in [0.5, 0.6) is 5.75 Å². The molecule has 3 nitrogen and oxygen atoms in total. The number of thioether (sulfide) groups is 1. The van der Waals surface area contributed by atoms with E-state index >= 15 is 0 Å². The lowest BCUT2D eigenvalue weighted by atomic mass is 10.2. The highest BCUT2D eigenvalue weighted by molar-refractivity contribution is 8.12. The average molecular weight is 309 g/mol. The Morgan fingerprint density at radius 3 is 2.56 bits per heavy atom. The molecular formula is C12H14Cl2O3S. The summed E-state index contributed by atoms with van der Waals surface area (Å²) in [5.41, 5.74) is 0.781. The van der Waals surface area contributed by atoms with Crippen molar-refractivity contribution in [1.29, 1.82) is 0 Å². The van der Waals surface area contributed by atoms with Gasteiger partial charge < -0.3 is 9.47 Å². The molecule has 0 fully saturated rings. The van der Waals surface area contributed by atoms with Gasteiger partial charge in [0.1, 0.15) is 5.75 Å². The Labute approximate surface area is 121 Å². The van der Waals surface area contributed by atoms with E-state index in [0.29, 0.717) is 34.8 Å². The summed E-state index contributed by atoms with van der Waals surface area (Å²) < 4.78 is 10.1. The number of ether oxygens (including phenoxy) is 2. The average Bonchev–Trinajstić information content (AvgIpc) is 2.32. The van der Waals surface area contributed by atoms with Crippen LogP contribution < -0.4 is 4.74 Å². The number of rotatable bonds is 5. The fourth-order valence-corrected chi connectivity index (χ4v) is 2.50. The van der Waals surface area contributed by atoms with Gasteiger partial charge in [-0.1, -0.05) is 23.2 Å². The Morgan fingerprint density at radius 2 is 1.94 bits per heavy atom. The first kappa shape index (κ1) is 15.5. The van der Waals surface area contributed by atoms with Crippen molar-refractivity contribution >= 4 is 40.3 Å². The standard InChI is InChI=1S/C12H14Cl2O3S/c1-3-16-11-6-9(13)8(5-10(11)14)7-18-12(15)17-4-2/h5-6H,3-4,7H2,1-2H3. The predicted octanol–water partition coefficient (Wildman–Crippen LogP) is 4.78. The van der Waals surface area contributed by atoms with Crippen molar-refractivity contribution in [3.63, 3.8) is 0 Å². The molecule has 0 N–H and O–H groups in total. The molecular weight excluding hydrogens is 295 g/mol. The Hall–Kier alpha value is -0.580. The molecule has 0 aliphatic heterocycles. The van der Waals surface area contributed by atoms with Gasteiger partial charge in [0.2, 0.25) is 0 Å². The summed E-state index contributed by atoms with van der Waals surface area (Å²) in [4.78, 5) is 11.2. The van der Waals surface area contributed by atoms with Gasteiger partial charge in [-0.25, -0.2) is 4.79 Å². The van der Waals surface area contributed by atoms with Gasteiger partial charge in [0, 0.05) is 16.8 Å². The van der Waals surface area contributed by atoms with Gasteiger partial charge in [-0.05, 0) is 37.2 Å². The lowest BCUT2D eigenvalue weighted by Gasteiger charge is -2.09. The minimum atomic E-state index is -0.321. The maximum atomic E-state index is 11.2. The zero-order chi connectivity index (χ0) is 13.5. The van der Waals surface area contributed by atoms with Crippen LogP contribution in [0.15, 0.2) is 12.1 Å². The topological polar surface area (TPSA) is 35.5 Å².